The fourth-order valence-corrected chi connectivity index (χ4v) is 4.84. The van der Waals surface area contributed by atoms with Gasteiger partial charge < -0.3 is 10.2 Å². The molecule has 22 heavy (non-hydrogen) atoms. The molecule has 0 spiro atoms. The van der Waals surface area contributed by atoms with Gasteiger partial charge in [0, 0.05) is 0 Å². The van der Waals surface area contributed by atoms with Gasteiger partial charge in [-0.25, -0.2) is 0 Å². The molecule has 2 aliphatic rings. The minimum absolute atomic E-state index is 0.139. The predicted octanol–water partition coefficient (Wildman–Crippen LogP) is 3.58. The lowest BCUT2D eigenvalue weighted by atomic mass is 9.78. The average Bonchev–Trinajstić information content (AvgIpc) is 3.10. The summed E-state index contributed by atoms with van der Waals surface area (Å²) in [5.41, 5.74) is 0.427. The molecule has 114 valence electrons. The van der Waals surface area contributed by atoms with Crippen molar-refractivity contribution in [2.75, 3.05) is 0 Å². The van der Waals surface area contributed by atoms with Gasteiger partial charge in [0.1, 0.15) is 0 Å². The van der Waals surface area contributed by atoms with Crippen molar-refractivity contribution in [3.05, 3.63) is 71.8 Å². The van der Waals surface area contributed by atoms with Crippen molar-refractivity contribution < 1.29 is 10.2 Å². The molecule has 0 radical (unpaired) electrons. The fraction of sp³-hybridized carbons (Fsp3) is 0.400. The van der Waals surface area contributed by atoms with Crippen LogP contribution in [0.2, 0.25) is 0 Å². The first-order chi connectivity index (χ1) is 10.6. The number of hydrogen-bond acceptors (Lipinski definition) is 2. The predicted molar refractivity (Wildman–Crippen MR) is 86.1 cm³/mol. The molecule has 2 aromatic carbocycles. The van der Waals surface area contributed by atoms with E-state index < -0.39 is 11.2 Å². The van der Waals surface area contributed by atoms with Crippen molar-refractivity contribution in [2.24, 2.45) is 11.8 Å². The van der Waals surface area contributed by atoms with Crippen molar-refractivity contribution >= 4 is 0 Å². The van der Waals surface area contributed by atoms with Crippen LogP contribution in [-0.4, -0.2) is 10.2 Å². The summed E-state index contributed by atoms with van der Waals surface area (Å²) in [4.78, 5) is 0. The molecule has 2 heteroatoms. The van der Waals surface area contributed by atoms with Gasteiger partial charge in [0.15, 0.2) is 0 Å². The average molecular weight is 294 g/mol. The Morgan fingerprint density at radius 1 is 0.636 bits per heavy atom. The van der Waals surface area contributed by atoms with Crippen LogP contribution in [0.15, 0.2) is 60.7 Å². The zero-order valence-electron chi connectivity index (χ0n) is 12.7. The molecule has 2 fully saturated rings. The Bertz CT molecular complexity index is 594. The van der Waals surface area contributed by atoms with Crippen molar-refractivity contribution in [1.82, 2.24) is 0 Å². The highest BCUT2D eigenvalue weighted by Gasteiger charge is 2.59. The van der Waals surface area contributed by atoms with Crippen LogP contribution < -0.4 is 0 Å². The van der Waals surface area contributed by atoms with Crippen LogP contribution in [0.1, 0.15) is 36.8 Å². The van der Waals surface area contributed by atoms with E-state index in [0.29, 0.717) is 0 Å². The zero-order chi connectivity index (χ0) is 15.2. The number of aliphatic hydroxyl groups is 2. The normalized spacial score (nSPS) is 37.2. The molecule has 4 atom stereocenters. The summed E-state index contributed by atoms with van der Waals surface area (Å²) in [5.74, 6) is 0.278. The molecule has 2 saturated carbocycles. The lowest BCUT2D eigenvalue weighted by molar-refractivity contribution is -0.0357. The van der Waals surface area contributed by atoms with Crippen LogP contribution in [0.5, 0.6) is 0 Å². The summed E-state index contributed by atoms with van der Waals surface area (Å²) < 4.78 is 0. The summed E-state index contributed by atoms with van der Waals surface area (Å²) in [6, 6.07) is 20.0. The second kappa shape index (κ2) is 4.94. The van der Waals surface area contributed by atoms with Crippen LogP contribution >= 0.6 is 0 Å². The summed E-state index contributed by atoms with van der Waals surface area (Å²) in [5, 5.41) is 22.6. The highest BCUT2D eigenvalue weighted by molar-refractivity contribution is 5.31. The Balaban J connectivity index is 1.70. The Hall–Kier alpha value is -1.64. The Kier molecular flexibility index (Phi) is 3.14. The molecule has 0 heterocycles. The number of rotatable bonds is 2. The van der Waals surface area contributed by atoms with Gasteiger partial charge in [-0.2, -0.15) is 0 Å². The largest absolute Gasteiger partial charge is 0.385 e. The molecule has 4 rings (SSSR count). The van der Waals surface area contributed by atoms with E-state index in [9.17, 15) is 10.2 Å². The van der Waals surface area contributed by atoms with Gasteiger partial charge in [-0.15, -0.1) is 0 Å². The van der Waals surface area contributed by atoms with Gasteiger partial charge in [-0.3, -0.25) is 0 Å². The molecular formula is C20H22O2. The standard InChI is InChI=1S/C20H22O2/c21-19(15-7-3-1-4-8-15)13-11-18-17(19)12-14-20(18,22)16-9-5-2-6-10-16/h1-10,17-18,21-22H,11-14H2/t17-,18+,19-,20-/m1/s1. The first kappa shape index (κ1) is 14.0. The molecule has 0 bridgehead atoms. The molecule has 0 aliphatic heterocycles. The lowest BCUT2D eigenvalue weighted by Gasteiger charge is -2.33. The highest BCUT2D eigenvalue weighted by atomic mass is 16.3. The maximum atomic E-state index is 11.3. The highest BCUT2D eigenvalue weighted by Crippen LogP contribution is 2.60. The Labute approximate surface area is 131 Å². The maximum absolute atomic E-state index is 11.3. The molecule has 2 aromatic rings. The first-order valence-electron chi connectivity index (χ1n) is 8.20. The van der Waals surface area contributed by atoms with Crippen molar-refractivity contribution in [2.45, 2.75) is 36.9 Å². The van der Waals surface area contributed by atoms with Crippen LogP contribution in [0.3, 0.4) is 0 Å². The smallest absolute Gasteiger partial charge is 0.0928 e. The van der Waals surface area contributed by atoms with E-state index in [1.54, 1.807) is 0 Å². The third-order valence-electron chi connectivity index (χ3n) is 5.93. The summed E-state index contributed by atoms with van der Waals surface area (Å²) in [6.45, 7) is 0. The summed E-state index contributed by atoms with van der Waals surface area (Å²) in [7, 11) is 0. The van der Waals surface area contributed by atoms with Crippen LogP contribution in [-0.2, 0) is 11.2 Å². The third-order valence-corrected chi connectivity index (χ3v) is 5.93. The second-order valence-electron chi connectivity index (χ2n) is 6.87. The maximum Gasteiger partial charge on any atom is 0.0928 e. The Morgan fingerprint density at radius 3 is 1.36 bits per heavy atom. The summed E-state index contributed by atoms with van der Waals surface area (Å²) >= 11 is 0. The van der Waals surface area contributed by atoms with E-state index in [0.717, 1.165) is 36.8 Å². The molecule has 0 aromatic heterocycles. The van der Waals surface area contributed by atoms with Crippen molar-refractivity contribution in [1.29, 1.82) is 0 Å². The third kappa shape index (κ3) is 1.87. The van der Waals surface area contributed by atoms with E-state index in [1.165, 1.54) is 0 Å². The van der Waals surface area contributed by atoms with Gasteiger partial charge in [-0.05, 0) is 48.6 Å². The van der Waals surface area contributed by atoms with Crippen molar-refractivity contribution in [3.63, 3.8) is 0 Å². The zero-order valence-corrected chi connectivity index (χ0v) is 12.7. The summed E-state index contributed by atoms with van der Waals surface area (Å²) in [6.07, 6.45) is 3.23. The molecule has 0 unspecified atom stereocenters. The molecule has 0 amide bonds. The van der Waals surface area contributed by atoms with Gasteiger partial charge in [0.2, 0.25) is 0 Å². The van der Waals surface area contributed by atoms with Gasteiger partial charge in [0.05, 0.1) is 11.2 Å². The van der Waals surface area contributed by atoms with E-state index in [4.69, 9.17) is 0 Å². The molecule has 2 aliphatic carbocycles. The van der Waals surface area contributed by atoms with Gasteiger partial charge >= 0.3 is 0 Å². The quantitative estimate of drug-likeness (QED) is 0.888. The topological polar surface area (TPSA) is 40.5 Å². The van der Waals surface area contributed by atoms with Crippen LogP contribution in [0, 0.1) is 11.8 Å². The number of hydrogen-bond donors (Lipinski definition) is 2. The minimum Gasteiger partial charge on any atom is -0.385 e. The van der Waals surface area contributed by atoms with Crippen molar-refractivity contribution in [3.8, 4) is 0 Å². The molecular weight excluding hydrogens is 272 g/mol. The second-order valence-corrected chi connectivity index (χ2v) is 6.87. The molecule has 2 nitrogen and oxygen atoms in total. The van der Waals surface area contributed by atoms with Gasteiger partial charge in [-0.1, -0.05) is 60.7 Å². The van der Waals surface area contributed by atoms with Crippen LogP contribution in [0.4, 0.5) is 0 Å². The molecule has 2 N–H and O–H groups in total. The van der Waals surface area contributed by atoms with E-state index >= 15 is 0 Å². The first-order valence-corrected chi connectivity index (χ1v) is 8.20. The Morgan fingerprint density at radius 2 is 1.00 bits per heavy atom. The number of benzene rings is 2. The lowest BCUT2D eigenvalue weighted by Crippen LogP contribution is -2.35. The van der Waals surface area contributed by atoms with Gasteiger partial charge in [0.25, 0.3) is 0 Å². The fourth-order valence-electron chi connectivity index (χ4n) is 4.84. The van der Waals surface area contributed by atoms with E-state index in [-0.39, 0.29) is 11.8 Å². The monoisotopic (exact) mass is 294 g/mol. The SMILES string of the molecule is O[C@@]1(c2ccccc2)CC[C@H]2[C@H]1CC[C@@]2(O)c1ccccc1. The minimum atomic E-state index is -0.787. The van der Waals surface area contributed by atoms with E-state index in [2.05, 4.69) is 0 Å². The number of fused-ring (bicyclic) bond motifs is 1. The van der Waals surface area contributed by atoms with Crippen LogP contribution in [0.25, 0.3) is 0 Å². The molecule has 0 saturated heterocycles. The van der Waals surface area contributed by atoms with E-state index in [1.807, 2.05) is 60.7 Å².